The molecule has 8 nitrogen and oxygen atoms in total. The van der Waals surface area contributed by atoms with Crippen LogP contribution in [0.3, 0.4) is 0 Å². The number of nitrogens with one attached hydrogen (secondary N) is 3. The van der Waals surface area contributed by atoms with Crippen molar-refractivity contribution in [2.24, 2.45) is 0 Å². The number of benzene rings is 2. The highest BCUT2D eigenvalue weighted by Crippen LogP contribution is 2.27. The molecule has 3 rings (SSSR count). The summed E-state index contributed by atoms with van der Waals surface area (Å²) < 4.78 is 54.7. The zero-order chi connectivity index (χ0) is 22.6. The fraction of sp³-hybridized carbons (Fsp3) is 0.150. The molecule has 0 aliphatic rings. The second-order valence-electron chi connectivity index (χ2n) is 6.52. The van der Waals surface area contributed by atoms with E-state index in [1.54, 1.807) is 49.6 Å². The van der Waals surface area contributed by atoms with Gasteiger partial charge in [-0.1, -0.05) is 31.2 Å². The van der Waals surface area contributed by atoms with Crippen LogP contribution in [0.1, 0.15) is 22.8 Å². The Bertz CT molecular complexity index is 1300. The summed E-state index contributed by atoms with van der Waals surface area (Å²) in [6.45, 7) is 3.56. The van der Waals surface area contributed by atoms with Gasteiger partial charge in [0, 0.05) is 12.1 Å². The lowest BCUT2D eigenvalue weighted by atomic mass is 10.1. The van der Waals surface area contributed by atoms with Crippen molar-refractivity contribution >= 4 is 48.7 Å². The lowest BCUT2D eigenvalue weighted by Crippen LogP contribution is -2.24. The van der Waals surface area contributed by atoms with Crippen molar-refractivity contribution in [2.45, 2.75) is 23.0 Å². The summed E-state index contributed by atoms with van der Waals surface area (Å²) in [6, 6.07) is 13.7. The molecule has 1 amide bonds. The topological polar surface area (TPSA) is 121 Å². The summed E-state index contributed by atoms with van der Waals surface area (Å²) in [5, 5.41) is 4.32. The fourth-order valence-electron chi connectivity index (χ4n) is 2.77. The lowest BCUT2D eigenvalue weighted by Gasteiger charge is -2.14. The van der Waals surface area contributed by atoms with Crippen LogP contribution in [-0.2, 0) is 20.0 Å². The van der Waals surface area contributed by atoms with Crippen molar-refractivity contribution in [3.05, 3.63) is 71.1 Å². The number of carbonyl (C=O) groups is 1. The molecule has 0 saturated heterocycles. The first kappa shape index (κ1) is 22.9. The van der Waals surface area contributed by atoms with E-state index >= 15 is 0 Å². The molecule has 164 valence electrons. The van der Waals surface area contributed by atoms with Gasteiger partial charge in [0.15, 0.2) is 0 Å². The highest BCUT2D eigenvalue weighted by Gasteiger charge is 2.20. The molecule has 0 radical (unpaired) electrons. The van der Waals surface area contributed by atoms with Gasteiger partial charge < -0.3 is 5.32 Å². The maximum Gasteiger partial charge on any atom is 0.271 e. The molecule has 0 atom stereocenters. The number of hydrogen-bond acceptors (Lipinski definition) is 6. The van der Waals surface area contributed by atoms with Crippen molar-refractivity contribution in [1.82, 2.24) is 4.72 Å². The van der Waals surface area contributed by atoms with E-state index < -0.39 is 26.0 Å². The van der Waals surface area contributed by atoms with E-state index in [0.29, 0.717) is 5.56 Å². The molecular weight excluding hydrogens is 458 g/mol. The molecule has 0 unspecified atom stereocenters. The Morgan fingerprint density at radius 3 is 2.29 bits per heavy atom. The first-order valence-corrected chi connectivity index (χ1v) is 13.1. The number of para-hydroxylation sites is 2. The summed E-state index contributed by atoms with van der Waals surface area (Å²) in [6.07, 6.45) is 0. The minimum atomic E-state index is -3.80. The standard InChI is InChI=1S/C20H21N3O5S3/c1-3-21-30(25,26)15-11-10-14(2)16(13-15)20(24)22-17-7-4-5-8-18(17)23-31(27,28)19-9-6-12-29-19/h4-13,21,23H,3H2,1-2H3,(H,22,24). The number of rotatable bonds is 8. The van der Waals surface area contributed by atoms with Crippen LogP contribution in [0.25, 0.3) is 0 Å². The highest BCUT2D eigenvalue weighted by atomic mass is 32.2. The molecule has 3 aromatic rings. The van der Waals surface area contributed by atoms with Crippen LogP contribution in [0, 0.1) is 6.92 Å². The third-order valence-electron chi connectivity index (χ3n) is 4.28. The third-order valence-corrected chi connectivity index (χ3v) is 8.58. The number of sulfonamides is 2. The van der Waals surface area contributed by atoms with Crippen LogP contribution in [0.15, 0.2) is 69.1 Å². The Hall–Kier alpha value is -2.73. The maximum absolute atomic E-state index is 12.9. The monoisotopic (exact) mass is 479 g/mol. The maximum atomic E-state index is 12.9. The minimum Gasteiger partial charge on any atom is -0.320 e. The number of carbonyl (C=O) groups excluding carboxylic acids is 1. The molecule has 0 bridgehead atoms. The van der Waals surface area contributed by atoms with Crippen molar-refractivity contribution in [3.63, 3.8) is 0 Å². The van der Waals surface area contributed by atoms with E-state index in [2.05, 4.69) is 14.8 Å². The van der Waals surface area contributed by atoms with Crippen LogP contribution in [-0.4, -0.2) is 29.3 Å². The summed E-state index contributed by atoms with van der Waals surface area (Å²) in [5.41, 5.74) is 1.17. The Morgan fingerprint density at radius 2 is 1.65 bits per heavy atom. The van der Waals surface area contributed by atoms with Crippen LogP contribution >= 0.6 is 11.3 Å². The molecule has 3 N–H and O–H groups in total. The average molecular weight is 480 g/mol. The van der Waals surface area contributed by atoms with Crippen LogP contribution in [0.4, 0.5) is 11.4 Å². The molecule has 11 heteroatoms. The number of hydrogen-bond donors (Lipinski definition) is 3. The van der Waals surface area contributed by atoms with E-state index in [4.69, 9.17) is 0 Å². The van der Waals surface area contributed by atoms with E-state index in [9.17, 15) is 21.6 Å². The van der Waals surface area contributed by atoms with Crippen molar-refractivity contribution in [1.29, 1.82) is 0 Å². The second-order valence-corrected chi connectivity index (χ2v) is 11.1. The van der Waals surface area contributed by atoms with E-state index in [-0.39, 0.29) is 32.6 Å². The SMILES string of the molecule is CCNS(=O)(=O)c1ccc(C)c(C(=O)Nc2ccccc2NS(=O)(=O)c2cccs2)c1. The van der Waals surface area contributed by atoms with E-state index in [1.807, 2.05) is 0 Å². The second kappa shape index (κ2) is 9.18. The van der Waals surface area contributed by atoms with Crippen LogP contribution in [0.5, 0.6) is 0 Å². The van der Waals surface area contributed by atoms with Gasteiger partial charge in [-0.3, -0.25) is 9.52 Å². The Balaban J connectivity index is 1.90. The third kappa shape index (κ3) is 5.31. The normalized spacial score (nSPS) is 11.8. The Labute approximate surface area is 185 Å². The number of amides is 1. The number of anilines is 2. The molecule has 0 saturated carbocycles. The van der Waals surface area contributed by atoms with Gasteiger partial charge in [0.1, 0.15) is 4.21 Å². The van der Waals surface area contributed by atoms with Crippen molar-refractivity contribution < 1.29 is 21.6 Å². The van der Waals surface area contributed by atoms with Gasteiger partial charge in [0.05, 0.1) is 16.3 Å². The molecule has 31 heavy (non-hydrogen) atoms. The van der Waals surface area contributed by atoms with Crippen molar-refractivity contribution in [2.75, 3.05) is 16.6 Å². The largest absolute Gasteiger partial charge is 0.320 e. The van der Waals surface area contributed by atoms with Gasteiger partial charge in [-0.2, -0.15) is 0 Å². The fourth-order valence-corrected chi connectivity index (χ4v) is 5.91. The van der Waals surface area contributed by atoms with Crippen LogP contribution in [0.2, 0.25) is 0 Å². The van der Waals surface area contributed by atoms with E-state index in [0.717, 1.165) is 11.3 Å². The van der Waals surface area contributed by atoms with E-state index in [1.165, 1.54) is 24.3 Å². The smallest absolute Gasteiger partial charge is 0.271 e. The molecule has 0 fully saturated rings. The lowest BCUT2D eigenvalue weighted by molar-refractivity contribution is 0.102. The highest BCUT2D eigenvalue weighted by molar-refractivity contribution is 7.94. The quantitative estimate of drug-likeness (QED) is 0.457. The molecule has 1 aromatic heterocycles. The predicted octanol–water partition coefficient (Wildman–Crippen LogP) is 3.41. The minimum absolute atomic E-state index is 0.0308. The summed E-state index contributed by atoms with van der Waals surface area (Å²) in [4.78, 5) is 12.9. The van der Waals surface area contributed by atoms with Gasteiger partial charge in [-0.05, 0) is 48.2 Å². The predicted molar refractivity (Wildman–Crippen MR) is 122 cm³/mol. The Morgan fingerprint density at radius 1 is 0.935 bits per heavy atom. The molecule has 1 heterocycles. The molecule has 0 aliphatic heterocycles. The van der Waals surface area contributed by atoms with Gasteiger partial charge in [0.25, 0.3) is 15.9 Å². The molecular formula is C20H21N3O5S3. The summed E-state index contributed by atoms with van der Waals surface area (Å²) in [7, 11) is -7.54. The molecule has 0 spiro atoms. The van der Waals surface area contributed by atoms with Gasteiger partial charge in [0.2, 0.25) is 10.0 Å². The summed E-state index contributed by atoms with van der Waals surface area (Å²) in [5.74, 6) is -0.561. The number of aryl methyl sites for hydroxylation is 1. The average Bonchev–Trinajstić information content (AvgIpc) is 3.25. The zero-order valence-corrected chi connectivity index (χ0v) is 19.2. The van der Waals surface area contributed by atoms with Gasteiger partial charge >= 0.3 is 0 Å². The molecule has 0 aliphatic carbocycles. The first-order valence-electron chi connectivity index (χ1n) is 9.21. The first-order chi connectivity index (χ1) is 14.6. The zero-order valence-electron chi connectivity index (χ0n) is 16.7. The van der Waals surface area contributed by atoms with Gasteiger partial charge in [-0.25, -0.2) is 21.6 Å². The number of thiophene rings is 1. The Kier molecular flexibility index (Phi) is 6.80. The molecule has 2 aromatic carbocycles. The summed E-state index contributed by atoms with van der Waals surface area (Å²) >= 11 is 1.07. The van der Waals surface area contributed by atoms with Crippen molar-refractivity contribution in [3.8, 4) is 0 Å². The van der Waals surface area contributed by atoms with Crippen LogP contribution < -0.4 is 14.8 Å². The van der Waals surface area contributed by atoms with Gasteiger partial charge in [-0.15, -0.1) is 11.3 Å².